The van der Waals surface area contributed by atoms with E-state index < -0.39 is 0 Å². The molecule has 0 saturated heterocycles. The monoisotopic (exact) mass is 344 g/mol. The molecule has 2 heterocycles. The molecule has 6 heteroatoms. The fourth-order valence-electron chi connectivity index (χ4n) is 1.54. The van der Waals surface area contributed by atoms with Crippen LogP contribution in [0.2, 0.25) is 0 Å². The van der Waals surface area contributed by atoms with Crippen LogP contribution >= 0.6 is 38.6 Å². The molecule has 0 unspecified atom stereocenters. The summed E-state index contributed by atoms with van der Waals surface area (Å²) in [6.45, 7) is 6.06. The molecule has 0 fully saturated rings. The number of amides is 1. The minimum absolute atomic E-state index is 0.0924. The molecule has 18 heavy (non-hydrogen) atoms. The van der Waals surface area contributed by atoms with Crippen LogP contribution in [0.4, 0.5) is 5.13 Å². The summed E-state index contributed by atoms with van der Waals surface area (Å²) in [5.74, 6) is -0.0924. The molecule has 2 aromatic rings. The van der Waals surface area contributed by atoms with Gasteiger partial charge in [-0.3, -0.25) is 10.1 Å². The summed E-state index contributed by atoms with van der Waals surface area (Å²) < 4.78 is 0.997. The number of aromatic nitrogens is 1. The topological polar surface area (TPSA) is 42.0 Å². The first-order chi connectivity index (χ1) is 8.51. The lowest BCUT2D eigenvalue weighted by Gasteiger charge is -1.97. The van der Waals surface area contributed by atoms with Crippen molar-refractivity contribution in [3.8, 4) is 0 Å². The standard InChI is InChI=1S/C12H13BrN2OS2/c1-4-8-7(3)17-12(14-8)15-11(16)9-5-6(2)10(13)18-9/h5H,4H2,1-3H3,(H,14,15,16). The molecule has 96 valence electrons. The Kier molecular flexibility index (Phi) is 4.19. The fraction of sp³-hybridized carbons (Fsp3) is 0.333. The zero-order chi connectivity index (χ0) is 13.3. The highest BCUT2D eigenvalue weighted by Gasteiger charge is 2.14. The van der Waals surface area contributed by atoms with E-state index in [2.05, 4.69) is 33.2 Å². The summed E-state index contributed by atoms with van der Waals surface area (Å²) in [6, 6.07) is 1.88. The minimum atomic E-state index is -0.0924. The predicted molar refractivity (Wildman–Crippen MR) is 80.9 cm³/mol. The number of halogens is 1. The lowest BCUT2D eigenvalue weighted by Crippen LogP contribution is -2.09. The molecule has 0 aliphatic carbocycles. The molecule has 0 bridgehead atoms. The van der Waals surface area contributed by atoms with Gasteiger partial charge in [0.05, 0.1) is 14.4 Å². The molecule has 2 aromatic heterocycles. The average Bonchev–Trinajstić information content (AvgIpc) is 2.83. The Morgan fingerprint density at radius 1 is 1.44 bits per heavy atom. The van der Waals surface area contributed by atoms with Crippen LogP contribution in [0.1, 0.15) is 32.7 Å². The normalized spacial score (nSPS) is 10.7. The molecule has 0 radical (unpaired) electrons. The highest BCUT2D eigenvalue weighted by atomic mass is 79.9. The molecule has 1 amide bonds. The van der Waals surface area contributed by atoms with Crippen molar-refractivity contribution in [3.05, 3.63) is 30.9 Å². The van der Waals surface area contributed by atoms with Gasteiger partial charge < -0.3 is 0 Å². The average molecular weight is 345 g/mol. The van der Waals surface area contributed by atoms with E-state index in [1.807, 2.05) is 19.9 Å². The largest absolute Gasteiger partial charge is 0.297 e. The van der Waals surface area contributed by atoms with Gasteiger partial charge in [0, 0.05) is 4.88 Å². The molecule has 0 aliphatic rings. The summed E-state index contributed by atoms with van der Waals surface area (Å²) >= 11 is 6.38. The number of aryl methyl sites for hydroxylation is 3. The summed E-state index contributed by atoms with van der Waals surface area (Å²) in [5.41, 5.74) is 2.13. The van der Waals surface area contributed by atoms with E-state index in [-0.39, 0.29) is 5.91 Å². The Bertz CT molecular complexity index is 569. The van der Waals surface area contributed by atoms with Gasteiger partial charge in [0.1, 0.15) is 0 Å². The van der Waals surface area contributed by atoms with Gasteiger partial charge in [-0.2, -0.15) is 0 Å². The SMILES string of the molecule is CCc1nc(NC(=O)c2cc(C)c(Br)s2)sc1C. The number of hydrogen-bond donors (Lipinski definition) is 1. The van der Waals surface area contributed by atoms with Crippen molar-refractivity contribution in [2.45, 2.75) is 27.2 Å². The van der Waals surface area contributed by atoms with E-state index in [0.29, 0.717) is 10.0 Å². The second-order valence-electron chi connectivity index (χ2n) is 3.90. The first kappa shape index (κ1) is 13.7. The second kappa shape index (κ2) is 5.50. The number of thiazole rings is 1. The van der Waals surface area contributed by atoms with Gasteiger partial charge in [-0.15, -0.1) is 22.7 Å². The van der Waals surface area contributed by atoms with Crippen molar-refractivity contribution in [2.24, 2.45) is 0 Å². The molecular formula is C12H13BrN2OS2. The molecule has 0 spiro atoms. The van der Waals surface area contributed by atoms with E-state index in [9.17, 15) is 4.79 Å². The third-order valence-corrected chi connectivity index (χ3v) is 5.59. The molecule has 0 aromatic carbocycles. The molecule has 1 N–H and O–H groups in total. The first-order valence-electron chi connectivity index (χ1n) is 5.54. The maximum absolute atomic E-state index is 12.0. The number of nitrogens with zero attached hydrogens (tertiary/aromatic N) is 1. The van der Waals surface area contributed by atoms with E-state index in [1.54, 1.807) is 0 Å². The second-order valence-corrected chi connectivity index (χ2v) is 7.47. The number of anilines is 1. The van der Waals surface area contributed by atoms with E-state index in [1.165, 1.54) is 22.7 Å². The van der Waals surface area contributed by atoms with Gasteiger partial charge in [0.2, 0.25) is 0 Å². The van der Waals surface area contributed by atoms with Crippen molar-refractivity contribution in [1.29, 1.82) is 0 Å². The Morgan fingerprint density at radius 3 is 2.67 bits per heavy atom. The van der Waals surface area contributed by atoms with Gasteiger partial charge in [-0.05, 0) is 47.8 Å². The molecule has 0 atom stereocenters. The van der Waals surface area contributed by atoms with Crippen LogP contribution in [-0.2, 0) is 6.42 Å². The highest BCUT2D eigenvalue weighted by molar-refractivity contribution is 9.11. The number of thiophene rings is 1. The molecule has 0 saturated carbocycles. The van der Waals surface area contributed by atoms with Crippen molar-refractivity contribution in [2.75, 3.05) is 5.32 Å². The van der Waals surface area contributed by atoms with Gasteiger partial charge in [0.15, 0.2) is 5.13 Å². The quantitative estimate of drug-likeness (QED) is 0.896. The predicted octanol–water partition coefficient (Wildman–Crippen LogP) is 4.40. The molecule has 0 aliphatic heterocycles. The fourth-order valence-corrected chi connectivity index (χ4v) is 3.87. The number of rotatable bonds is 3. The van der Waals surface area contributed by atoms with Crippen molar-refractivity contribution in [1.82, 2.24) is 4.98 Å². The number of carbonyl (C=O) groups excluding carboxylic acids is 1. The Hall–Kier alpha value is -0.720. The number of nitrogens with one attached hydrogen (secondary N) is 1. The van der Waals surface area contributed by atoms with Crippen molar-refractivity contribution in [3.63, 3.8) is 0 Å². The zero-order valence-electron chi connectivity index (χ0n) is 10.3. The van der Waals surface area contributed by atoms with E-state index >= 15 is 0 Å². The summed E-state index contributed by atoms with van der Waals surface area (Å²) in [7, 11) is 0. The third-order valence-electron chi connectivity index (χ3n) is 2.53. The van der Waals surface area contributed by atoms with Crippen LogP contribution in [0.5, 0.6) is 0 Å². The highest BCUT2D eigenvalue weighted by Crippen LogP contribution is 2.29. The van der Waals surface area contributed by atoms with Crippen molar-refractivity contribution < 1.29 is 4.79 Å². The zero-order valence-corrected chi connectivity index (χ0v) is 13.6. The Balaban J connectivity index is 2.15. The maximum Gasteiger partial charge on any atom is 0.267 e. The number of hydrogen-bond acceptors (Lipinski definition) is 4. The van der Waals surface area contributed by atoms with Gasteiger partial charge >= 0.3 is 0 Å². The van der Waals surface area contributed by atoms with E-state index in [4.69, 9.17) is 0 Å². The molecule has 2 rings (SSSR count). The van der Waals surface area contributed by atoms with Crippen LogP contribution in [0.25, 0.3) is 0 Å². The Morgan fingerprint density at radius 2 is 2.17 bits per heavy atom. The number of carbonyl (C=O) groups is 1. The molecular weight excluding hydrogens is 332 g/mol. The van der Waals surface area contributed by atoms with Crippen LogP contribution in [0, 0.1) is 13.8 Å². The van der Waals surface area contributed by atoms with Gasteiger partial charge in [-0.25, -0.2) is 4.98 Å². The summed E-state index contributed by atoms with van der Waals surface area (Å²) in [6.07, 6.45) is 0.891. The minimum Gasteiger partial charge on any atom is -0.297 e. The van der Waals surface area contributed by atoms with Gasteiger partial charge in [0.25, 0.3) is 5.91 Å². The summed E-state index contributed by atoms with van der Waals surface area (Å²) in [4.78, 5) is 18.3. The van der Waals surface area contributed by atoms with Crippen LogP contribution < -0.4 is 5.32 Å². The van der Waals surface area contributed by atoms with Crippen LogP contribution in [-0.4, -0.2) is 10.9 Å². The first-order valence-corrected chi connectivity index (χ1v) is 7.97. The van der Waals surface area contributed by atoms with Crippen LogP contribution in [0.15, 0.2) is 9.85 Å². The van der Waals surface area contributed by atoms with Crippen molar-refractivity contribution >= 4 is 49.6 Å². The maximum atomic E-state index is 12.0. The summed E-state index contributed by atoms with van der Waals surface area (Å²) in [5, 5.41) is 3.53. The van der Waals surface area contributed by atoms with Crippen LogP contribution in [0.3, 0.4) is 0 Å². The third kappa shape index (κ3) is 2.81. The van der Waals surface area contributed by atoms with E-state index in [0.717, 1.165) is 26.3 Å². The Labute approximate surface area is 122 Å². The smallest absolute Gasteiger partial charge is 0.267 e. The molecule has 3 nitrogen and oxygen atoms in total. The van der Waals surface area contributed by atoms with Gasteiger partial charge in [-0.1, -0.05) is 6.92 Å². The lowest BCUT2D eigenvalue weighted by atomic mass is 10.3. The lowest BCUT2D eigenvalue weighted by molar-refractivity contribution is 0.103.